The standard InChI is InChI=1S/C41H66N5O7P/c1-4-5-6-7-8-9-10-11-12-13-14-15-16-17-18-19-26-50-30-38(51-29-35-21-20-34(28-42)27-40(35)49-3)32-53-54(47)52-31-37(48-2)24-22-36-23-25-39-41(43)44-33-45-46(36)39/h20-21,23,25,27,33,37-38,47H,4-19,22,24,26,29-32H2,1-3H3,(H2,43,44,45). The van der Waals surface area contributed by atoms with Gasteiger partial charge in [0.2, 0.25) is 0 Å². The Morgan fingerprint density at radius 1 is 0.833 bits per heavy atom. The zero-order valence-corrected chi connectivity index (χ0v) is 34.0. The number of ether oxygens (including phenoxy) is 4. The van der Waals surface area contributed by atoms with Crippen LogP contribution in [0.25, 0.3) is 5.52 Å². The lowest BCUT2D eigenvalue weighted by atomic mass is 10.0. The predicted octanol–water partition coefficient (Wildman–Crippen LogP) is 9.26. The van der Waals surface area contributed by atoms with Crippen molar-refractivity contribution in [3.8, 4) is 11.8 Å². The van der Waals surface area contributed by atoms with Crippen molar-refractivity contribution in [1.29, 1.82) is 5.26 Å². The van der Waals surface area contributed by atoms with Gasteiger partial charge in [-0.3, -0.25) is 0 Å². The van der Waals surface area contributed by atoms with E-state index in [0.717, 1.165) is 29.6 Å². The molecule has 0 radical (unpaired) electrons. The van der Waals surface area contributed by atoms with Crippen molar-refractivity contribution < 1.29 is 32.9 Å². The Labute approximate surface area is 325 Å². The second-order valence-corrected chi connectivity index (χ2v) is 14.9. The number of fused-ring (bicyclic) bond motifs is 1. The molecule has 0 aliphatic rings. The highest BCUT2D eigenvalue weighted by Gasteiger charge is 2.19. The van der Waals surface area contributed by atoms with Gasteiger partial charge in [-0.1, -0.05) is 109 Å². The maximum absolute atomic E-state index is 10.6. The van der Waals surface area contributed by atoms with E-state index in [4.69, 9.17) is 33.7 Å². The summed E-state index contributed by atoms with van der Waals surface area (Å²) in [5.74, 6) is 1.00. The fourth-order valence-corrected chi connectivity index (χ4v) is 7.02. The van der Waals surface area contributed by atoms with Crippen LogP contribution in [-0.2, 0) is 36.3 Å². The predicted molar refractivity (Wildman–Crippen MR) is 214 cm³/mol. The van der Waals surface area contributed by atoms with Crippen LogP contribution in [0.1, 0.15) is 133 Å². The number of methoxy groups -OCH3 is 2. The Morgan fingerprint density at radius 2 is 1.46 bits per heavy atom. The maximum atomic E-state index is 10.6. The lowest BCUT2D eigenvalue weighted by Gasteiger charge is -2.21. The first-order valence-corrected chi connectivity index (χ1v) is 21.2. The minimum Gasteiger partial charge on any atom is -0.496 e. The third kappa shape index (κ3) is 18.2. The summed E-state index contributed by atoms with van der Waals surface area (Å²) in [6.07, 6.45) is 23.2. The molecule has 0 bridgehead atoms. The number of nitriles is 1. The summed E-state index contributed by atoms with van der Waals surface area (Å²) >= 11 is 0. The van der Waals surface area contributed by atoms with Gasteiger partial charge in [0.1, 0.15) is 23.7 Å². The van der Waals surface area contributed by atoms with Gasteiger partial charge in [-0.05, 0) is 43.5 Å². The number of nitrogens with zero attached hydrogens (tertiary/aromatic N) is 4. The molecule has 12 nitrogen and oxygen atoms in total. The highest BCUT2D eigenvalue weighted by molar-refractivity contribution is 7.40. The number of hydrogen-bond acceptors (Lipinski definition) is 11. The van der Waals surface area contributed by atoms with Gasteiger partial charge in [0.15, 0.2) is 5.82 Å². The van der Waals surface area contributed by atoms with Crippen molar-refractivity contribution in [3.63, 3.8) is 0 Å². The van der Waals surface area contributed by atoms with Gasteiger partial charge in [-0.25, -0.2) is 9.50 Å². The molecule has 0 saturated heterocycles. The van der Waals surface area contributed by atoms with Gasteiger partial charge in [-0.2, -0.15) is 10.4 Å². The smallest absolute Gasteiger partial charge is 0.330 e. The van der Waals surface area contributed by atoms with Crippen molar-refractivity contribution in [2.24, 2.45) is 0 Å². The second kappa shape index (κ2) is 28.5. The zero-order valence-electron chi connectivity index (χ0n) is 33.1. The Bertz CT molecular complexity index is 1450. The van der Waals surface area contributed by atoms with Gasteiger partial charge in [0, 0.05) is 25.0 Å². The van der Waals surface area contributed by atoms with E-state index in [-0.39, 0.29) is 25.9 Å². The molecule has 2 aromatic heterocycles. The van der Waals surface area contributed by atoms with Crippen LogP contribution >= 0.6 is 8.60 Å². The number of benzene rings is 1. The van der Waals surface area contributed by atoms with Gasteiger partial charge < -0.3 is 38.6 Å². The SMILES string of the molecule is CCCCCCCCCCCCCCCCCCOCC(COP(O)OCC(CCc1ccc2c(N)ncnn12)OC)OCc1ccc(C#N)cc1OC. The third-order valence-electron chi connectivity index (χ3n) is 9.69. The average molecular weight is 772 g/mol. The number of nitrogen functional groups attached to an aromatic ring is 1. The molecule has 13 heteroatoms. The van der Waals surface area contributed by atoms with E-state index >= 15 is 0 Å². The lowest BCUT2D eigenvalue weighted by molar-refractivity contribution is -0.0492. The van der Waals surface area contributed by atoms with E-state index < -0.39 is 14.7 Å². The van der Waals surface area contributed by atoms with Crippen molar-refractivity contribution in [3.05, 3.63) is 53.5 Å². The summed E-state index contributed by atoms with van der Waals surface area (Å²) in [6, 6.07) is 11.2. The molecule has 0 fully saturated rings. The summed E-state index contributed by atoms with van der Waals surface area (Å²) in [6.45, 7) is 3.68. The minimum atomic E-state index is -2.18. The molecule has 0 aliphatic carbocycles. The van der Waals surface area contributed by atoms with Crippen LogP contribution in [0.5, 0.6) is 5.75 Å². The molecule has 3 aromatic rings. The molecule has 0 spiro atoms. The molecule has 0 saturated carbocycles. The normalized spacial score (nSPS) is 13.2. The number of nitrogens with two attached hydrogens (primary N) is 1. The topological polar surface area (TPSA) is 156 Å². The van der Waals surface area contributed by atoms with Crippen LogP contribution in [0, 0.1) is 11.3 Å². The Kier molecular flexibility index (Phi) is 24.0. The van der Waals surface area contributed by atoms with E-state index in [1.807, 2.05) is 18.2 Å². The Morgan fingerprint density at radius 3 is 2.07 bits per heavy atom. The highest BCUT2D eigenvalue weighted by Crippen LogP contribution is 2.34. The van der Waals surface area contributed by atoms with Gasteiger partial charge in [-0.15, -0.1) is 0 Å². The summed E-state index contributed by atoms with van der Waals surface area (Å²) in [5, 5.41) is 13.6. The van der Waals surface area contributed by atoms with Crippen LogP contribution in [0.3, 0.4) is 0 Å². The second-order valence-electron chi connectivity index (χ2n) is 13.9. The Hall–Kier alpha value is -2.88. The van der Waals surface area contributed by atoms with Crippen LogP contribution in [0.2, 0.25) is 0 Å². The lowest BCUT2D eigenvalue weighted by Crippen LogP contribution is -2.26. The monoisotopic (exact) mass is 771 g/mol. The number of unbranched alkanes of at least 4 members (excludes halogenated alkanes) is 15. The molecule has 2 heterocycles. The summed E-state index contributed by atoms with van der Waals surface area (Å²) in [4.78, 5) is 14.6. The minimum absolute atomic E-state index is 0.0781. The first-order chi connectivity index (χ1) is 26.5. The van der Waals surface area contributed by atoms with Crippen LogP contribution in [-0.4, -0.2) is 72.3 Å². The molecule has 3 unspecified atom stereocenters. The fraction of sp³-hybridized carbons (Fsp3) is 0.683. The Balaban J connectivity index is 1.33. The molecule has 54 heavy (non-hydrogen) atoms. The molecule has 3 N–H and O–H groups in total. The van der Waals surface area contributed by atoms with Crippen molar-refractivity contribution >= 4 is 19.9 Å². The van der Waals surface area contributed by atoms with E-state index in [1.54, 1.807) is 30.9 Å². The molecule has 0 amide bonds. The first-order valence-electron chi connectivity index (χ1n) is 20.1. The summed E-state index contributed by atoms with van der Waals surface area (Å²) in [7, 11) is 1.00. The van der Waals surface area contributed by atoms with E-state index in [9.17, 15) is 10.2 Å². The average Bonchev–Trinajstić information content (AvgIpc) is 3.62. The molecule has 1 aromatic carbocycles. The van der Waals surface area contributed by atoms with Crippen LogP contribution < -0.4 is 10.5 Å². The molecule has 3 rings (SSSR count). The third-order valence-corrected chi connectivity index (χ3v) is 10.4. The molecule has 3 atom stereocenters. The summed E-state index contributed by atoms with van der Waals surface area (Å²) in [5.41, 5.74) is 9.00. The molecular formula is C41H66N5O7P. The van der Waals surface area contributed by atoms with Crippen LogP contribution in [0.15, 0.2) is 36.7 Å². The highest BCUT2D eigenvalue weighted by atomic mass is 31.2. The number of anilines is 1. The quantitative estimate of drug-likeness (QED) is 0.0450. The molecule has 0 aliphatic heterocycles. The van der Waals surface area contributed by atoms with Crippen molar-refractivity contribution in [2.75, 3.05) is 46.4 Å². The van der Waals surface area contributed by atoms with Crippen molar-refractivity contribution in [1.82, 2.24) is 14.6 Å². The largest absolute Gasteiger partial charge is 0.496 e. The van der Waals surface area contributed by atoms with Crippen LogP contribution in [0.4, 0.5) is 5.82 Å². The number of aromatic nitrogens is 3. The first kappa shape index (κ1) is 45.5. The van der Waals surface area contributed by atoms with Gasteiger partial charge >= 0.3 is 8.60 Å². The van der Waals surface area contributed by atoms with E-state index in [0.29, 0.717) is 43.2 Å². The number of aryl methyl sites for hydroxylation is 1. The zero-order chi connectivity index (χ0) is 38.6. The van der Waals surface area contributed by atoms with E-state index in [1.165, 1.54) is 96.2 Å². The number of rotatable bonds is 33. The van der Waals surface area contributed by atoms with E-state index in [2.05, 4.69) is 23.1 Å². The maximum Gasteiger partial charge on any atom is 0.330 e. The molecule has 302 valence electrons. The fourth-order valence-electron chi connectivity index (χ4n) is 6.36. The number of hydrogen-bond donors (Lipinski definition) is 2. The summed E-state index contributed by atoms with van der Waals surface area (Å²) < 4.78 is 36.4. The molecular weight excluding hydrogens is 705 g/mol. The van der Waals surface area contributed by atoms with Gasteiger partial charge in [0.25, 0.3) is 0 Å². The van der Waals surface area contributed by atoms with Gasteiger partial charge in [0.05, 0.1) is 51.3 Å². The van der Waals surface area contributed by atoms with Crippen molar-refractivity contribution in [2.45, 2.75) is 141 Å².